The first-order valence-corrected chi connectivity index (χ1v) is 7.15. The van der Waals surface area contributed by atoms with E-state index in [2.05, 4.69) is 29.8 Å². The zero-order valence-corrected chi connectivity index (χ0v) is 11.9. The number of rotatable bonds is 8. The highest BCUT2D eigenvalue weighted by molar-refractivity contribution is 5.86. The quantitative estimate of drug-likeness (QED) is 0.674. The van der Waals surface area contributed by atoms with E-state index in [1.165, 1.54) is 17.3 Å². The average Bonchev–Trinajstić information content (AvgIpc) is 2.83. The van der Waals surface area contributed by atoms with E-state index in [1.54, 1.807) is 0 Å². The van der Waals surface area contributed by atoms with Crippen molar-refractivity contribution in [3.63, 3.8) is 0 Å². The Morgan fingerprint density at radius 3 is 2.79 bits per heavy atom. The van der Waals surface area contributed by atoms with Crippen molar-refractivity contribution in [2.45, 2.75) is 33.2 Å². The molecule has 0 N–H and O–H groups in total. The fourth-order valence-electron chi connectivity index (χ4n) is 2.18. The zero-order valence-electron chi connectivity index (χ0n) is 11.9. The summed E-state index contributed by atoms with van der Waals surface area (Å²) in [5.74, 6) is 0.964. The highest BCUT2D eigenvalue weighted by Gasteiger charge is 2.05. The van der Waals surface area contributed by atoms with Gasteiger partial charge in [0, 0.05) is 24.7 Å². The summed E-state index contributed by atoms with van der Waals surface area (Å²) < 4.78 is 13.5. The van der Waals surface area contributed by atoms with Crippen LogP contribution < -0.4 is 4.74 Å². The molecule has 0 unspecified atom stereocenters. The van der Waals surface area contributed by atoms with Crippen molar-refractivity contribution in [1.82, 2.24) is 4.57 Å². The number of benzene rings is 1. The van der Waals surface area contributed by atoms with E-state index in [4.69, 9.17) is 9.47 Å². The van der Waals surface area contributed by atoms with Gasteiger partial charge in [0.25, 0.3) is 0 Å². The maximum Gasteiger partial charge on any atom is 0.128 e. The van der Waals surface area contributed by atoms with Crippen LogP contribution in [0.1, 0.15) is 26.7 Å². The fourth-order valence-corrected chi connectivity index (χ4v) is 2.18. The van der Waals surface area contributed by atoms with Crippen LogP contribution in [0.15, 0.2) is 30.5 Å². The Morgan fingerprint density at radius 2 is 2.00 bits per heavy atom. The predicted octanol–water partition coefficient (Wildman–Crippen LogP) is 3.86. The van der Waals surface area contributed by atoms with Crippen LogP contribution in [0.25, 0.3) is 10.9 Å². The van der Waals surface area contributed by atoms with Crippen LogP contribution in [0, 0.1) is 0 Å². The number of ether oxygens (including phenoxy) is 2. The van der Waals surface area contributed by atoms with Gasteiger partial charge in [0.05, 0.1) is 18.7 Å². The standard InChI is InChI=1S/C16H23NO2/c1-3-5-12-18-13-11-17-10-9-14-15(17)7-6-8-16(14)19-4-2/h6-10H,3-5,11-13H2,1-2H3. The van der Waals surface area contributed by atoms with Gasteiger partial charge in [-0.2, -0.15) is 0 Å². The number of unbranched alkanes of at least 4 members (excludes halogenated alkanes) is 1. The normalized spacial score (nSPS) is 11.1. The number of hydrogen-bond acceptors (Lipinski definition) is 2. The third-order valence-electron chi connectivity index (χ3n) is 3.19. The summed E-state index contributed by atoms with van der Waals surface area (Å²) in [6.45, 7) is 7.41. The molecular formula is C16H23NO2. The summed E-state index contributed by atoms with van der Waals surface area (Å²) in [6, 6.07) is 8.31. The summed E-state index contributed by atoms with van der Waals surface area (Å²) in [4.78, 5) is 0. The minimum absolute atomic E-state index is 0.699. The molecule has 0 saturated carbocycles. The molecule has 2 rings (SSSR count). The maximum atomic E-state index is 5.65. The molecule has 0 radical (unpaired) electrons. The second kappa shape index (κ2) is 7.19. The number of fused-ring (bicyclic) bond motifs is 1. The molecule has 0 aliphatic heterocycles. The summed E-state index contributed by atoms with van der Waals surface area (Å²) in [5, 5.41) is 1.18. The molecule has 0 amide bonds. The van der Waals surface area contributed by atoms with E-state index >= 15 is 0 Å². The van der Waals surface area contributed by atoms with E-state index in [0.717, 1.165) is 31.9 Å². The van der Waals surface area contributed by atoms with Crippen molar-refractivity contribution in [2.75, 3.05) is 19.8 Å². The zero-order chi connectivity index (χ0) is 13.5. The molecule has 3 heteroatoms. The second-order valence-corrected chi connectivity index (χ2v) is 4.60. The SMILES string of the molecule is CCCCOCCn1ccc2c(OCC)cccc21. The van der Waals surface area contributed by atoms with E-state index in [-0.39, 0.29) is 0 Å². The van der Waals surface area contributed by atoms with Gasteiger partial charge in [-0.05, 0) is 31.5 Å². The van der Waals surface area contributed by atoms with Gasteiger partial charge in [0.2, 0.25) is 0 Å². The molecule has 0 aliphatic carbocycles. The molecule has 0 fully saturated rings. The minimum atomic E-state index is 0.699. The molecule has 3 nitrogen and oxygen atoms in total. The lowest BCUT2D eigenvalue weighted by atomic mass is 10.2. The number of hydrogen-bond donors (Lipinski definition) is 0. The van der Waals surface area contributed by atoms with Crippen LogP contribution in [0.5, 0.6) is 5.75 Å². The second-order valence-electron chi connectivity index (χ2n) is 4.60. The van der Waals surface area contributed by atoms with Crippen LogP contribution in [-0.4, -0.2) is 24.4 Å². The minimum Gasteiger partial charge on any atom is -0.493 e. The van der Waals surface area contributed by atoms with Gasteiger partial charge in [-0.25, -0.2) is 0 Å². The van der Waals surface area contributed by atoms with Crippen molar-refractivity contribution >= 4 is 10.9 Å². The van der Waals surface area contributed by atoms with Gasteiger partial charge >= 0.3 is 0 Å². The molecule has 19 heavy (non-hydrogen) atoms. The van der Waals surface area contributed by atoms with E-state index in [1.807, 2.05) is 19.1 Å². The number of aromatic nitrogens is 1. The van der Waals surface area contributed by atoms with Gasteiger partial charge < -0.3 is 14.0 Å². The molecule has 0 atom stereocenters. The molecule has 1 aromatic carbocycles. The highest BCUT2D eigenvalue weighted by atomic mass is 16.5. The third-order valence-corrected chi connectivity index (χ3v) is 3.19. The number of nitrogens with zero attached hydrogens (tertiary/aromatic N) is 1. The molecule has 2 aromatic rings. The van der Waals surface area contributed by atoms with Crippen molar-refractivity contribution < 1.29 is 9.47 Å². The summed E-state index contributed by atoms with van der Waals surface area (Å²) in [5.41, 5.74) is 1.21. The Hall–Kier alpha value is -1.48. The Balaban J connectivity index is 2.02. The van der Waals surface area contributed by atoms with Crippen molar-refractivity contribution in [3.8, 4) is 5.75 Å². The largest absolute Gasteiger partial charge is 0.493 e. The first-order valence-electron chi connectivity index (χ1n) is 7.15. The highest BCUT2D eigenvalue weighted by Crippen LogP contribution is 2.26. The van der Waals surface area contributed by atoms with E-state index in [9.17, 15) is 0 Å². The molecule has 1 heterocycles. The first-order chi connectivity index (χ1) is 9.36. The Kier molecular flexibility index (Phi) is 5.28. The molecule has 1 aromatic heterocycles. The Bertz CT molecular complexity index is 504. The van der Waals surface area contributed by atoms with Gasteiger partial charge in [0.1, 0.15) is 5.75 Å². The van der Waals surface area contributed by atoms with Gasteiger partial charge in [-0.15, -0.1) is 0 Å². The van der Waals surface area contributed by atoms with Gasteiger partial charge in [0.15, 0.2) is 0 Å². The van der Waals surface area contributed by atoms with Gasteiger partial charge in [-0.1, -0.05) is 19.4 Å². The molecule has 104 valence electrons. The molecule has 0 bridgehead atoms. The van der Waals surface area contributed by atoms with Crippen LogP contribution in [0.3, 0.4) is 0 Å². The summed E-state index contributed by atoms with van der Waals surface area (Å²) in [6.07, 6.45) is 4.43. The topological polar surface area (TPSA) is 23.4 Å². The average molecular weight is 261 g/mol. The fraction of sp³-hybridized carbons (Fsp3) is 0.500. The summed E-state index contributed by atoms with van der Waals surface area (Å²) in [7, 11) is 0. The predicted molar refractivity (Wildman–Crippen MR) is 78.8 cm³/mol. The van der Waals surface area contributed by atoms with Crippen molar-refractivity contribution in [2.24, 2.45) is 0 Å². The molecule has 0 spiro atoms. The van der Waals surface area contributed by atoms with E-state index in [0.29, 0.717) is 6.61 Å². The van der Waals surface area contributed by atoms with Gasteiger partial charge in [-0.3, -0.25) is 0 Å². The lowest BCUT2D eigenvalue weighted by Crippen LogP contribution is -2.05. The van der Waals surface area contributed by atoms with Crippen LogP contribution in [-0.2, 0) is 11.3 Å². The smallest absolute Gasteiger partial charge is 0.128 e. The summed E-state index contributed by atoms with van der Waals surface area (Å²) >= 11 is 0. The lowest BCUT2D eigenvalue weighted by Gasteiger charge is -2.08. The van der Waals surface area contributed by atoms with Crippen LogP contribution in [0.4, 0.5) is 0 Å². The van der Waals surface area contributed by atoms with Crippen molar-refractivity contribution in [1.29, 1.82) is 0 Å². The molecular weight excluding hydrogens is 238 g/mol. The van der Waals surface area contributed by atoms with E-state index < -0.39 is 0 Å². The molecule has 0 aliphatic rings. The van der Waals surface area contributed by atoms with Crippen molar-refractivity contribution in [3.05, 3.63) is 30.5 Å². The third kappa shape index (κ3) is 3.51. The monoisotopic (exact) mass is 261 g/mol. The Morgan fingerprint density at radius 1 is 1.11 bits per heavy atom. The van der Waals surface area contributed by atoms with Crippen LogP contribution >= 0.6 is 0 Å². The first kappa shape index (κ1) is 13.9. The Labute approximate surface area is 115 Å². The maximum absolute atomic E-state index is 5.65. The molecule has 0 saturated heterocycles. The lowest BCUT2D eigenvalue weighted by molar-refractivity contribution is 0.124. The van der Waals surface area contributed by atoms with Crippen LogP contribution in [0.2, 0.25) is 0 Å².